The Balaban J connectivity index is 5.06. The summed E-state index contributed by atoms with van der Waals surface area (Å²) in [6.45, 7) is 35.8. The number of rotatable bonds is 20. The number of hydrogen-bond donors (Lipinski definition) is 0. The van der Waals surface area contributed by atoms with E-state index in [9.17, 15) is 13.2 Å². The van der Waals surface area contributed by atoms with Crippen LogP contribution in [0.25, 0.3) is 0 Å². The van der Waals surface area contributed by atoms with Crippen molar-refractivity contribution in [1.29, 1.82) is 0 Å². The second-order valence-corrected chi connectivity index (χ2v) is 11.5. The van der Waals surface area contributed by atoms with Crippen molar-refractivity contribution in [1.82, 2.24) is 0 Å². The first-order valence-corrected chi connectivity index (χ1v) is 14.5. The molecule has 0 saturated carbocycles. The Morgan fingerprint density at radius 2 is 1.23 bits per heavy atom. The van der Waals surface area contributed by atoms with E-state index in [1.165, 1.54) is 31.1 Å². The lowest BCUT2D eigenvalue weighted by atomic mass is 9.83. The standard InChI is InChI=1S/C37H53F3/c1-13-14-15-16-17-31(9)36(39)37(40)34(12)30(8)23-22-29(7)33(11)35(38)24-32(10)28(6)21-20-27(5)26(4)19-18-25(2)3/h13-14,22-28H,7-12,15-21H2,1-6H3/b14-13-,23-22-,35-24+,37-36-. The zero-order valence-corrected chi connectivity index (χ0v) is 26.0. The molecule has 3 atom stereocenters. The first-order chi connectivity index (χ1) is 18.6. The molecule has 0 fully saturated rings. The molecule has 0 nitrogen and oxygen atoms in total. The van der Waals surface area contributed by atoms with Crippen LogP contribution >= 0.6 is 0 Å². The zero-order valence-electron chi connectivity index (χ0n) is 26.0. The number of hydrogen-bond acceptors (Lipinski definition) is 0. The van der Waals surface area contributed by atoms with Crippen molar-refractivity contribution < 1.29 is 13.2 Å². The van der Waals surface area contributed by atoms with Crippen LogP contribution < -0.4 is 0 Å². The topological polar surface area (TPSA) is 0 Å². The summed E-state index contributed by atoms with van der Waals surface area (Å²) in [5, 5.41) is 0. The molecule has 0 spiro atoms. The SMILES string of the molecule is C=C(/C=C\C(=C)C(=C)/C(F)=C\C(=C)C(C)CCC(C)C(C)CCC(C)C)C(=C)/C(F)=C(/F)C(=C)CCC/C=C\C. The average molecular weight is 555 g/mol. The summed E-state index contributed by atoms with van der Waals surface area (Å²) in [7, 11) is 0. The minimum Gasteiger partial charge on any atom is -0.206 e. The molecule has 0 saturated heterocycles. The summed E-state index contributed by atoms with van der Waals surface area (Å²) in [6.07, 6.45) is 14.4. The fourth-order valence-electron chi connectivity index (χ4n) is 3.95. The number of allylic oxidation sites excluding steroid dienone is 14. The van der Waals surface area contributed by atoms with Crippen molar-refractivity contribution >= 4 is 0 Å². The predicted octanol–water partition coefficient (Wildman–Crippen LogP) is 12.8. The highest BCUT2D eigenvalue weighted by atomic mass is 19.2. The van der Waals surface area contributed by atoms with Gasteiger partial charge in [-0.25, -0.2) is 13.2 Å². The minimum absolute atomic E-state index is 0.0782. The molecule has 0 aliphatic carbocycles. The third-order valence-corrected chi connectivity index (χ3v) is 7.57. The molecular weight excluding hydrogens is 501 g/mol. The minimum atomic E-state index is -1.10. The van der Waals surface area contributed by atoms with E-state index in [-0.39, 0.29) is 33.8 Å². The van der Waals surface area contributed by atoms with E-state index in [2.05, 4.69) is 74.1 Å². The van der Waals surface area contributed by atoms with Crippen molar-refractivity contribution in [3.8, 4) is 0 Å². The molecule has 222 valence electrons. The van der Waals surface area contributed by atoms with Crippen LogP contribution in [-0.4, -0.2) is 0 Å². The molecule has 40 heavy (non-hydrogen) atoms. The smallest absolute Gasteiger partial charge is 0.166 e. The van der Waals surface area contributed by atoms with Gasteiger partial charge in [0.15, 0.2) is 11.7 Å². The van der Waals surface area contributed by atoms with Crippen LogP contribution in [0.2, 0.25) is 0 Å². The van der Waals surface area contributed by atoms with E-state index in [0.717, 1.165) is 19.3 Å². The maximum Gasteiger partial charge on any atom is 0.166 e. The molecule has 0 bridgehead atoms. The highest BCUT2D eigenvalue weighted by Gasteiger charge is 2.17. The third kappa shape index (κ3) is 14.0. The normalized spacial score (nSPS) is 15.2. The fourth-order valence-corrected chi connectivity index (χ4v) is 3.95. The summed E-state index contributed by atoms with van der Waals surface area (Å²) >= 11 is 0. The Morgan fingerprint density at radius 1 is 0.700 bits per heavy atom. The van der Waals surface area contributed by atoms with Crippen LogP contribution in [0.4, 0.5) is 13.2 Å². The highest BCUT2D eigenvalue weighted by Crippen LogP contribution is 2.31. The summed E-state index contributed by atoms with van der Waals surface area (Å²) < 4.78 is 44.1. The molecule has 0 aliphatic rings. The number of halogens is 3. The Kier molecular flexibility index (Phi) is 17.9. The zero-order chi connectivity index (χ0) is 31.0. The average Bonchev–Trinajstić information content (AvgIpc) is 2.92. The Labute approximate surface area is 243 Å². The molecule has 3 heteroatoms. The first-order valence-electron chi connectivity index (χ1n) is 14.5. The van der Waals surface area contributed by atoms with Crippen molar-refractivity contribution in [3.05, 3.63) is 121 Å². The van der Waals surface area contributed by atoms with Crippen molar-refractivity contribution in [3.63, 3.8) is 0 Å². The quantitative estimate of drug-likeness (QED) is 0.0797. The second kappa shape index (κ2) is 19.3. The Morgan fingerprint density at radius 3 is 1.75 bits per heavy atom. The van der Waals surface area contributed by atoms with E-state index >= 15 is 0 Å². The van der Waals surface area contributed by atoms with Gasteiger partial charge in [-0.3, -0.25) is 0 Å². The van der Waals surface area contributed by atoms with E-state index in [1.807, 2.05) is 19.1 Å². The van der Waals surface area contributed by atoms with Gasteiger partial charge in [0.2, 0.25) is 0 Å². The maximum atomic E-state index is 15.0. The lowest BCUT2D eigenvalue weighted by molar-refractivity contribution is 0.306. The second-order valence-electron chi connectivity index (χ2n) is 11.5. The Bertz CT molecular complexity index is 1040. The maximum absolute atomic E-state index is 15.0. The van der Waals surface area contributed by atoms with Crippen molar-refractivity contribution in [2.24, 2.45) is 23.7 Å². The molecule has 0 aromatic heterocycles. The first kappa shape index (κ1) is 37.2. The third-order valence-electron chi connectivity index (χ3n) is 7.57. The van der Waals surface area contributed by atoms with Gasteiger partial charge in [-0.2, -0.15) is 0 Å². The van der Waals surface area contributed by atoms with Gasteiger partial charge in [0.25, 0.3) is 0 Å². The molecule has 0 N–H and O–H groups in total. The van der Waals surface area contributed by atoms with Crippen LogP contribution in [0, 0.1) is 23.7 Å². The predicted molar refractivity (Wildman–Crippen MR) is 172 cm³/mol. The van der Waals surface area contributed by atoms with E-state index < -0.39 is 17.5 Å². The lowest BCUT2D eigenvalue weighted by Gasteiger charge is -2.22. The molecule has 0 aromatic rings. The van der Waals surface area contributed by atoms with E-state index in [0.29, 0.717) is 36.2 Å². The molecule has 0 amide bonds. The monoisotopic (exact) mass is 554 g/mol. The highest BCUT2D eigenvalue weighted by molar-refractivity contribution is 5.53. The largest absolute Gasteiger partial charge is 0.206 e. The molecule has 0 heterocycles. The van der Waals surface area contributed by atoms with Crippen molar-refractivity contribution in [2.45, 2.75) is 86.5 Å². The van der Waals surface area contributed by atoms with Crippen LogP contribution in [0.5, 0.6) is 0 Å². The van der Waals surface area contributed by atoms with Gasteiger partial charge in [-0.1, -0.05) is 111 Å². The molecule has 0 rings (SSSR count). The van der Waals surface area contributed by atoms with Gasteiger partial charge in [0.1, 0.15) is 5.83 Å². The lowest BCUT2D eigenvalue weighted by Crippen LogP contribution is -2.11. The van der Waals surface area contributed by atoms with Crippen LogP contribution in [0.1, 0.15) is 86.5 Å². The number of unbranched alkanes of at least 4 members (excludes halogenated alkanes) is 1. The van der Waals surface area contributed by atoms with Crippen LogP contribution in [-0.2, 0) is 0 Å². The fraction of sp³-hybridized carbons (Fsp3) is 0.459. The molecule has 3 unspecified atom stereocenters. The molecular formula is C37H53F3. The summed E-state index contributed by atoms with van der Waals surface area (Å²) in [4.78, 5) is 0. The van der Waals surface area contributed by atoms with Gasteiger partial charge in [0, 0.05) is 11.1 Å². The van der Waals surface area contributed by atoms with Gasteiger partial charge in [-0.05, 0) is 91.1 Å². The van der Waals surface area contributed by atoms with E-state index in [1.54, 1.807) is 0 Å². The van der Waals surface area contributed by atoms with E-state index in [4.69, 9.17) is 0 Å². The van der Waals surface area contributed by atoms with Crippen LogP contribution in [0.15, 0.2) is 121 Å². The van der Waals surface area contributed by atoms with Crippen molar-refractivity contribution in [2.75, 3.05) is 0 Å². The summed E-state index contributed by atoms with van der Waals surface area (Å²) in [6, 6.07) is 0. The molecule has 0 aliphatic heterocycles. The van der Waals surface area contributed by atoms with Gasteiger partial charge in [0.05, 0.1) is 0 Å². The van der Waals surface area contributed by atoms with Gasteiger partial charge >= 0.3 is 0 Å². The van der Waals surface area contributed by atoms with Crippen LogP contribution in [0.3, 0.4) is 0 Å². The van der Waals surface area contributed by atoms with Gasteiger partial charge < -0.3 is 0 Å². The van der Waals surface area contributed by atoms with Gasteiger partial charge in [-0.15, -0.1) is 0 Å². The molecule has 0 radical (unpaired) electrons. The Hall–Kier alpha value is -2.81. The molecule has 0 aromatic carbocycles. The summed E-state index contributed by atoms with van der Waals surface area (Å²) in [5.41, 5.74) is 1.10. The summed E-state index contributed by atoms with van der Waals surface area (Å²) in [5.74, 6) is -0.554.